The second-order valence-electron chi connectivity index (χ2n) is 5.94. The Hall–Kier alpha value is -0.720. The summed E-state index contributed by atoms with van der Waals surface area (Å²) in [5, 5.41) is 1.41. The van der Waals surface area contributed by atoms with E-state index < -0.39 is 10.0 Å². The van der Waals surface area contributed by atoms with Crippen molar-refractivity contribution in [1.82, 2.24) is 4.31 Å². The van der Waals surface area contributed by atoms with E-state index in [4.69, 9.17) is 23.2 Å². The summed E-state index contributed by atoms with van der Waals surface area (Å²) in [6, 6.07) is 12.8. The van der Waals surface area contributed by atoms with Gasteiger partial charge in [0.25, 0.3) is 0 Å². The van der Waals surface area contributed by atoms with E-state index in [2.05, 4.69) is 0 Å². The van der Waals surface area contributed by atoms with Crippen LogP contribution in [0.4, 0.5) is 0 Å². The average Bonchev–Trinajstić information content (AvgIpc) is 2.84. The van der Waals surface area contributed by atoms with Gasteiger partial charge >= 0.3 is 0 Å². The van der Waals surface area contributed by atoms with Crippen LogP contribution in [0.5, 0.6) is 0 Å². The summed E-state index contributed by atoms with van der Waals surface area (Å²) in [5.74, 6) is 0.731. The van der Waals surface area contributed by atoms with Gasteiger partial charge in [-0.2, -0.15) is 16.1 Å². The second-order valence-corrected chi connectivity index (χ2v) is 9.97. The lowest BCUT2D eigenvalue weighted by Gasteiger charge is -2.21. The molecule has 0 radical (unpaired) electrons. The molecule has 3 rings (SSSR count). The number of hydrogen-bond donors (Lipinski definition) is 0. The fourth-order valence-corrected chi connectivity index (χ4v) is 6.63. The van der Waals surface area contributed by atoms with Crippen LogP contribution in [0.15, 0.2) is 47.4 Å². The Kier molecular flexibility index (Phi) is 6.01. The van der Waals surface area contributed by atoms with Gasteiger partial charge in [-0.25, -0.2) is 8.42 Å². The Labute approximate surface area is 163 Å². The van der Waals surface area contributed by atoms with Crippen molar-refractivity contribution in [2.24, 2.45) is 0 Å². The van der Waals surface area contributed by atoms with Crippen molar-refractivity contribution in [1.29, 1.82) is 0 Å². The Bertz CT molecular complexity index is 871. The van der Waals surface area contributed by atoms with Crippen molar-refractivity contribution in [2.45, 2.75) is 23.5 Å². The second kappa shape index (κ2) is 7.89. The molecule has 1 saturated heterocycles. The van der Waals surface area contributed by atoms with E-state index in [0.717, 1.165) is 22.8 Å². The zero-order valence-electron chi connectivity index (χ0n) is 13.8. The summed E-state index contributed by atoms with van der Waals surface area (Å²) >= 11 is 14.2. The fraction of sp³-hybridized carbons (Fsp3) is 0.333. The van der Waals surface area contributed by atoms with Gasteiger partial charge < -0.3 is 0 Å². The molecule has 0 N–H and O–H groups in total. The minimum absolute atomic E-state index is 0.203. The predicted octanol–water partition coefficient (Wildman–Crippen LogP) is 5.17. The van der Waals surface area contributed by atoms with Crippen molar-refractivity contribution in [3.8, 4) is 0 Å². The summed E-state index contributed by atoms with van der Waals surface area (Å²) in [5.41, 5.74) is 1.68. The standard InChI is InChI=1S/C18H19Cl2NO2S2/c1-13-15(19)7-4-8-18(13)25(22,23)21-10-9-17(24-12-11-21)14-5-2-3-6-16(14)20/h2-8,17H,9-12H2,1H3. The number of halogens is 2. The van der Waals surface area contributed by atoms with E-state index in [9.17, 15) is 8.42 Å². The molecule has 0 aliphatic carbocycles. The molecule has 134 valence electrons. The van der Waals surface area contributed by atoms with Crippen LogP contribution in [0, 0.1) is 6.92 Å². The minimum atomic E-state index is -3.55. The van der Waals surface area contributed by atoms with E-state index in [-0.39, 0.29) is 5.25 Å². The molecule has 1 aliphatic rings. The van der Waals surface area contributed by atoms with E-state index in [1.54, 1.807) is 41.2 Å². The summed E-state index contributed by atoms with van der Waals surface area (Å²) in [6.45, 7) is 2.70. The lowest BCUT2D eigenvalue weighted by Crippen LogP contribution is -2.33. The van der Waals surface area contributed by atoms with Crippen molar-refractivity contribution in [3.63, 3.8) is 0 Å². The van der Waals surface area contributed by atoms with Gasteiger partial charge in [-0.15, -0.1) is 0 Å². The van der Waals surface area contributed by atoms with Gasteiger partial charge in [0.2, 0.25) is 10.0 Å². The average molecular weight is 416 g/mol. The molecule has 7 heteroatoms. The molecule has 0 aromatic heterocycles. The van der Waals surface area contributed by atoms with E-state index in [0.29, 0.717) is 28.6 Å². The molecular formula is C18H19Cl2NO2S2. The normalized spacial score (nSPS) is 19.6. The minimum Gasteiger partial charge on any atom is -0.207 e. The van der Waals surface area contributed by atoms with Crippen LogP contribution in [0.1, 0.15) is 22.8 Å². The third kappa shape index (κ3) is 4.01. The highest BCUT2D eigenvalue weighted by Gasteiger charge is 2.30. The summed E-state index contributed by atoms with van der Waals surface area (Å²) in [7, 11) is -3.55. The van der Waals surface area contributed by atoms with Crippen molar-refractivity contribution in [2.75, 3.05) is 18.8 Å². The monoisotopic (exact) mass is 415 g/mol. The zero-order valence-corrected chi connectivity index (χ0v) is 16.9. The third-order valence-corrected chi connectivity index (χ3v) is 8.50. The molecule has 0 amide bonds. The Morgan fingerprint density at radius 2 is 1.76 bits per heavy atom. The number of benzene rings is 2. The van der Waals surface area contributed by atoms with Crippen LogP contribution < -0.4 is 0 Å². The SMILES string of the molecule is Cc1c(Cl)cccc1S(=O)(=O)N1CCSC(c2ccccc2Cl)CC1. The number of thioether (sulfide) groups is 1. The Balaban J connectivity index is 1.83. The largest absolute Gasteiger partial charge is 0.243 e. The van der Waals surface area contributed by atoms with Crippen molar-refractivity contribution < 1.29 is 8.42 Å². The first kappa shape index (κ1) is 19.1. The number of sulfonamides is 1. The van der Waals surface area contributed by atoms with Crippen molar-refractivity contribution >= 4 is 45.0 Å². The number of hydrogen-bond acceptors (Lipinski definition) is 3. The van der Waals surface area contributed by atoms with Crippen LogP contribution >= 0.6 is 35.0 Å². The van der Waals surface area contributed by atoms with E-state index >= 15 is 0 Å². The van der Waals surface area contributed by atoms with Gasteiger partial charge in [0.05, 0.1) is 4.90 Å². The van der Waals surface area contributed by atoms with Crippen LogP contribution in [-0.2, 0) is 10.0 Å². The lowest BCUT2D eigenvalue weighted by atomic mass is 10.1. The summed E-state index contributed by atoms with van der Waals surface area (Å²) in [6.07, 6.45) is 0.729. The quantitative estimate of drug-likeness (QED) is 0.693. The van der Waals surface area contributed by atoms with Crippen molar-refractivity contribution in [3.05, 3.63) is 63.6 Å². The molecule has 1 unspecified atom stereocenters. The third-order valence-electron chi connectivity index (χ3n) is 4.39. The molecule has 25 heavy (non-hydrogen) atoms. The Morgan fingerprint density at radius 1 is 1.04 bits per heavy atom. The smallest absolute Gasteiger partial charge is 0.207 e. The topological polar surface area (TPSA) is 37.4 Å². The summed E-state index contributed by atoms with van der Waals surface area (Å²) in [4.78, 5) is 0.293. The Morgan fingerprint density at radius 3 is 2.52 bits per heavy atom. The molecular weight excluding hydrogens is 397 g/mol. The van der Waals surface area contributed by atoms with E-state index in [1.807, 2.05) is 24.3 Å². The number of rotatable bonds is 3. The van der Waals surface area contributed by atoms with Crippen LogP contribution in [-0.4, -0.2) is 31.6 Å². The fourth-order valence-electron chi connectivity index (χ4n) is 2.98. The molecule has 0 saturated carbocycles. The molecule has 1 heterocycles. The van der Waals surface area contributed by atoms with Gasteiger partial charge in [-0.3, -0.25) is 0 Å². The predicted molar refractivity (Wildman–Crippen MR) is 106 cm³/mol. The van der Waals surface area contributed by atoms with Gasteiger partial charge in [0, 0.05) is 34.1 Å². The maximum absolute atomic E-state index is 13.1. The molecule has 0 spiro atoms. The molecule has 1 fully saturated rings. The first-order valence-electron chi connectivity index (χ1n) is 8.02. The first-order valence-corrected chi connectivity index (χ1v) is 11.3. The lowest BCUT2D eigenvalue weighted by molar-refractivity contribution is 0.427. The molecule has 2 aromatic carbocycles. The van der Waals surface area contributed by atoms with Gasteiger partial charge in [0.1, 0.15) is 0 Å². The zero-order chi connectivity index (χ0) is 18.0. The molecule has 2 aromatic rings. The number of nitrogens with zero attached hydrogens (tertiary/aromatic N) is 1. The highest BCUT2D eigenvalue weighted by molar-refractivity contribution is 7.99. The van der Waals surface area contributed by atoms with Crippen LogP contribution in [0.25, 0.3) is 0 Å². The molecule has 1 aliphatic heterocycles. The van der Waals surface area contributed by atoms with Crippen LogP contribution in [0.2, 0.25) is 10.0 Å². The summed E-state index contributed by atoms with van der Waals surface area (Å²) < 4.78 is 27.7. The molecule has 3 nitrogen and oxygen atoms in total. The van der Waals surface area contributed by atoms with E-state index in [1.165, 1.54) is 0 Å². The van der Waals surface area contributed by atoms with Gasteiger partial charge in [0.15, 0.2) is 0 Å². The maximum atomic E-state index is 13.1. The molecule has 1 atom stereocenters. The van der Waals surface area contributed by atoms with Gasteiger partial charge in [-0.1, -0.05) is 47.5 Å². The van der Waals surface area contributed by atoms with Crippen LogP contribution in [0.3, 0.4) is 0 Å². The maximum Gasteiger partial charge on any atom is 0.243 e. The first-order chi connectivity index (χ1) is 11.9. The molecule has 0 bridgehead atoms. The van der Waals surface area contributed by atoms with Gasteiger partial charge in [-0.05, 0) is 42.7 Å². The highest BCUT2D eigenvalue weighted by Crippen LogP contribution is 2.39. The highest BCUT2D eigenvalue weighted by atomic mass is 35.5.